The third kappa shape index (κ3) is 1.52. The van der Waals surface area contributed by atoms with Gasteiger partial charge in [-0.05, 0) is 0 Å². The molecule has 4 heteroatoms. The summed E-state index contributed by atoms with van der Waals surface area (Å²) in [6.07, 6.45) is 0. The van der Waals surface area contributed by atoms with Crippen LogP contribution in [-0.4, -0.2) is 10.8 Å². The fourth-order valence-corrected chi connectivity index (χ4v) is 1.82. The maximum absolute atomic E-state index is 11.8. The molecule has 0 radical (unpaired) electrons. The minimum Gasteiger partial charge on any atom is -0.382 e. The van der Waals surface area contributed by atoms with Crippen LogP contribution in [-0.2, 0) is 0 Å². The Morgan fingerprint density at radius 3 is 2.57 bits per heavy atom. The Morgan fingerprint density at radius 1 is 1.29 bits per heavy atom. The Hall–Kier alpha value is -1.68. The fraction of sp³-hybridized carbons (Fsp3) is 0. The molecule has 70 valence electrons. The summed E-state index contributed by atoms with van der Waals surface area (Å²) in [4.78, 5) is 16.2. The third-order valence-electron chi connectivity index (χ3n) is 1.84. The predicted molar refractivity (Wildman–Crippen MR) is 56.4 cm³/mol. The molecular formula is C10H8N2OS. The first-order valence-corrected chi connectivity index (χ1v) is 4.95. The van der Waals surface area contributed by atoms with Crippen molar-refractivity contribution in [1.82, 2.24) is 4.98 Å². The topological polar surface area (TPSA) is 56.0 Å². The van der Waals surface area contributed by atoms with Gasteiger partial charge in [0.05, 0.1) is 5.51 Å². The number of thiazole rings is 1. The van der Waals surface area contributed by atoms with Crippen molar-refractivity contribution in [3.63, 3.8) is 0 Å². The zero-order chi connectivity index (χ0) is 9.97. The van der Waals surface area contributed by atoms with E-state index in [1.54, 1.807) is 17.6 Å². The van der Waals surface area contributed by atoms with E-state index in [0.717, 1.165) is 0 Å². The molecule has 0 amide bonds. The van der Waals surface area contributed by atoms with Gasteiger partial charge < -0.3 is 5.73 Å². The highest BCUT2D eigenvalue weighted by Crippen LogP contribution is 2.19. The van der Waals surface area contributed by atoms with Crippen molar-refractivity contribution >= 4 is 22.9 Å². The predicted octanol–water partition coefficient (Wildman–Crippen LogP) is 1.96. The number of nitrogens with two attached hydrogens (primary N) is 1. The second-order valence-corrected chi connectivity index (χ2v) is 3.62. The third-order valence-corrected chi connectivity index (χ3v) is 2.68. The molecule has 0 aliphatic heterocycles. The number of carbonyl (C=O) groups is 1. The van der Waals surface area contributed by atoms with Crippen LogP contribution in [0, 0.1) is 0 Å². The molecule has 0 aliphatic rings. The molecular weight excluding hydrogens is 196 g/mol. The lowest BCUT2D eigenvalue weighted by Crippen LogP contribution is -2.01. The average Bonchev–Trinajstić information content (AvgIpc) is 2.65. The van der Waals surface area contributed by atoms with E-state index in [4.69, 9.17) is 5.73 Å². The SMILES string of the molecule is Nc1ncsc1C(=O)c1ccccc1. The standard InChI is InChI=1S/C10H8N2OS/c11-10-9(14-6-12-10)8(13)7-4-2-1-3-5-7/h1-6H,11H2. The highest BCUT2D eigenvalue weighted by molar-refractivity contribution is 7.12. The number of aromatic nitrogens is 1. The quantitative estimate of drug-likeness (QED) is 0.761. The van der Waals surface area contributed by atoms with Crippen LogP contribution in [0.5, 0.6) is 0 Å². The first-order valence-electron chi connectivity index (χ1n) is 4.08. The zero-order valence-electron chi connectivity index (χ0n) is 7.31. The van der Waals surface area contributed by atoms with Gasteiger partial charge in [0.1, 0.15) is 10.7 Å². The van der Waals surface area contributed by atoms with E-state index in [1.165, 1.54) is 11.3 Å². The normalized spacial score (nSPS) is 10.0. The summed E-state index contributed by atoms with van der Waals surface area (Å²) >= 11 is 1.27. The van der Waals surface area contributed by atoms with Crippen molar-refractivity contribution in [2.45, 2.75) is 0 Å². The summed E-state index contributed by atoms with van der Waals surface area (Å²) < 4.78 is 0. The van der Waals surface area contributed by atoms with E-state index < -0.39 is 0 Å². The highest BCUT2D eigenvalue weighted by atomic mass is 32.1. The molecule has 2 aromatic rings. The Balaban J connectivity index is 2.39. The molecule has 0 spiro atoms. The molecule has 3 nitrogen and oxygen atoms in total. The average molecular weight is 204 g/mol. The van der Waals surface area contributed by atoms with Crippen LogP contribution in [0.25, 0.3) is 0 Å². The van der Waals surface area contributed by atoms with Gasteiger partial charge in [-0.25, -0.2) is 4.98 Å². The van der Waals surface area contributed by atoms with Crippen molar-refractivity contribution in [2.24, 2.45) is 0 Å². The molecule has 0 bridgehead atoms. The summed E-state index contributed by atoms with van der Waals surface area (Å²) in [6, 6.07) is 9.05. The van der Waals surface area contributed by atoms with Crippen LogP contribution < -0.4 is 5.73 Å². The van der Waals surface area contributed by atoms with E-state index in [9.17, 15) is 4.79 Å². The van der Waals surface area contributed by atoms with Crippen molar-refractivity contribution in [3.05, 3.63) is 46.3 Å². The number of hydrogen-bond acceptors (Lipinski definition) is 4. The molecule has 1 aromatic heterocycles. The Morgan fingerprint density at radius 2 is 2.00 bits per heavy atom. The molecule has 2 rings (SSSR count). The molecule has 1 heterocycles. The van der Waals surface area contributed by atoms with Gasteiger partial charge >= 0.3 is 0 Å². The van der Waals surface area contributed by atoms with Crippen LogP contribution in [0.1, 0.15) is 15.2 Å². The van der Waals surface area contributed by atoms with E-state index in [-0.39, 0.29) is 5.78 Å². The number of nitrogens with zero attached hydrogens (tertiary/aromatic N) is 1. The van der Waals surface area contributed by atoms with Crippen LogP contribution in [0.4, 0.5) is 5.82 Å². The van der Waals surface area contributed by atoms with Gasteiger partial charge in [0.15, 0.2) is 0 Å². The molecule has 0 saturated carbocycles. The minimum absolute atomic E-state index is 0.0643. The van der Waals surface area contributed by atoms with Crippen molar-refractivity contribution in [1.29, 1.82) is 0 Å². The van der Waals surface area contributed by atoms with Gasteiger partial charge in [0.25, 0.3) is 0 Å². The number of benzene rings is 1. The van der Waals surface area contributed by atoms with Crippen LogP contribution in [0.3, 0.4) is 0 Å². The molecule has 2 N–H and O–H groups in total. The molecule has 0 fully saturated rings. The lowest BCUT2D eigenvalue weighted by atomic mass is 10.1. The Labute approximate surface area is 85.2 Å². The molecule has 1 aromatic carbocycles. The summed E-state index contributed by atoms with van der Waals surface area (Å²) in [5.74, 6) is 0.245. The summed E-state index contributed by atoms with van der Waals surface area (Å²) in [6.45, 7) is 0. The second-order valence-electron chi connectivity index (χ2n) is 2.76. The number of rotatable bonds is 2. The largest absolute Gasteiger partial charge is 0.382 e. The molecule has 14 heavy (non-hydrogen) atoms. The fourth-order valence-electron chi connectivity index (χ4n) is 1.15. The smallest absolute Gasteiger partial charge is 0.206 e. The summed E-state index contributed by atoms with van der Waals surface area (Å²) in [7, 11) is 0. The highest BCUT2D eigenvalue weighted by Gasteiger charge is 2.13. The number of ketones is 1. The number of anilines is 1. The van der Waals surface area contributed by atoms with E-state index >= 15 is 0 Å². The second kappa shape index (κ2) is 3.59. The van der Waals surface area contributed by atoms with Gasteiger partial charge in [-0.2, -0.15) is 0 Å². The molecule has 0 aliphatic carbocycles. The maximum atomic E-state index is 11.8. The van der Waals surface area contributed by atoms with Crippen LogP contribution >= 0.6 is 11.3 Å². The monoisotopic (exact) mass is 204 g/mol. The van der Waals surface area contributed by atoms with Crippen molar-refractivity contribution in [2.75, 3.05) is 5.73 Å². The Bertz CT molecular complexity index is 450. The van der Waals surface area contributed by atoms with E-state index in [0.29, 0.717) is 16.3 Å². The number of nitrogen functional groups attached to an aromatic ring is 1. The van der Waals surface area contributed by atoms with Gasteiger partial charge in [-0.1, -0.05) is 30.3 Å². The van der Waals surface area contributed by atoms with Crippen LogP contribution in [0.2, 0.25) is 0 Å². The van der Waals surface area contributed by atoms with Gasteiger partial charge in [0.2, 0.25) is 5.78 Å². The van der Waals surface area contributed by atoms with Gasteiger partial charge in [0, 0.05) is 5.56 Å². The van der Waals surface area contributed by atoms with Gasteiger partial charge in [-0.15, -0.1) is 11.3 Å². The molecule has 0 saturated heterocycles. The summed E-state index contributed by atoms with van der Waals surface area (Å²) in [5.41, 5.74) is 7.77. The molecule has 0 atom stereocenters. The zero-order valence-corrected chi connectivity index (χ0v) is 8.12. The summed E-state index contributed by atoms with van der Waals surface area (Å²) in [5, 5.41) is 0. The lowest BCUT2D eigenvalue weighted by molar-refractivity contribution is 0.104. The molecule has 0 unspecified atom stereocenters. The lowest BCUT2D eigenvalue weighted by Gasteiger charge is -1.97. The van der Waals surface area contributed by atoms with Crippen molar-refractivity contribution < 1.29 is 4.79 Å². The maximum Gasteiger partial charge on any atom is 0.206 e. The van der Waals surface area contributed by atoms with E-state index in [2.05, 4.69) is 4.98 Å². The first kappa shape index (κ1) is 8.90. The van der Waals surface area contributed by atoms with Crippen molar-refractivity contribution in [3.8, 4) is 0 Å². The van der Waals surface area contributed by atoms with E-state index in [1.807, 2.05) is 18.2 Å². The first-order chi connectivity index (χ1) is 6.79. The number of hydrogen-bond donors (Lipinski definition) is 1. The Kier molecular flexibility index (Phi) is 2.28. The van der Waals surface area contributed by atoms with Crippen LogP contribution in [0.15, 0.2) is 35.8 Å². The number of carbonyl (C=O) groups excluding carboxylic acids is 1. The van der Waals surface area contributed by atoms with Gasteiger partial charge in [-0.3, -0.25) is 4.79 Å². The minimum atomic E-state index is -0.0643.